The maximum Gasteiger partial charge on any atom is 0.251 e. The molecular weight excluding hydrogens is 452 g/mol. The van der Waals surface area contributed by atoms with Crippen molar-refractivity contribution in [3.63, 3.8) is 0 Å². The van der Waals surface area contributed by atoms with Crippen LogP contribution in [0.5, 0.6) is 11.5 Å². The molecule has 3 aromatic carbocycles. The Hall–Kier alpha value is -3.52. The Labute approximate surface area is 201 Å². The van der Waals surface area contributed by atoms with E-state index >= 15 is 0 Å². The molecule has 0 heterocycles. The first kappa shape index (κ1) is 25.1. The summed E-state index contributed by atoms with van der Waals surface area (Å²) in [4.78, 5) is 12.4. The van der Waals surface area contributed by atoms with Crippen LogP contribution in [0.2, 0.25) is 0 Å². The average molecular weight is 483 g/mol. The van der Waals surface area contributed by atoms with Crippen LogP contribution in [0.25, 0.3) is 0 Å². The summed E-state index contributed by atoms with van der Waals surface area (Å²) in [7, 11) is -1.99. The minimum absolute atomic E-state index is 0.137. The molecule has 7 nitrogen and oxygen atoms in total. The van der Waals surface area contributed by atoms with Crippen molar-refractivity contribution < 1.29 is 22.7 Å². The van der Waals surface area contributed by atoms with E-state index in [0.29, 0.717) is 30.2 Å². The fraction of sp³-hybridized carbons (Fsp3) is 0.269. The molecule has 0 spiro atoms. The van der Waals surface area contributed by atoms with Gasteiger partial charge in [-0.3, -0.25) is 9.10 Å². The molecule has 0 unspecified atom stereocenters. The lowest BCUT2D eigenvalue weighted by Gasteiger charge is -2.23. The number of methoxy groups -OCH3 is 1. The minimum Gasteiger partial charge on any atom is -0.497 e. The van der Waals surface area contributed by atoms with E-state index in [1.54, 1.807) is 48.5 Å². The maximum absolute atomic E-state index is 12.4. The summed E-state index contributed by atoms with van der Waals surface area (Å²) < 4.78 is 37.0. The molecule has 0 aliphatic rings. The molecule has 3 aromatic rings. The first-order valence-electron chi connectivity index (χ1n) is 11.0. The fourth-order valence-corrected chi connectivity index (χ4v) is 4.23. The number of nitrogens with zero attached hydrogens (tertiary/aromatic N) is 1. The lowest BCUT2D eigenvalue weighted by molar-refractivity contribution is 0.0947. The molecule has 1 amide bonds. The Morgan fingerprint density at radius 2 is 1.62 bits per heavy atom. The van der Waals surface area contributed by atoms with Crippen LogP contribution in [-0.4, -0.2) is 40.8 Å². The number of aryl methyl sites for hydroxylation is 1. The largest absolute Gasteiger partial charge is 0.497 e. The van der Waals surface area contributed by atoms with Gasteiger partial charge in [-0.15, -0.1) is 0 Å². The summed E-state index contributed by atoms with van der Waals surface area (Å²) in [5.74, 6) is 1.12. The van der Waals surface area contributed by atoms with Gasteiger partial charge < -0.3 is 14.8 Å². The summed E-state index contributed by atoms with van der Waals surface area (Å²) in [6, 6.07) is 21.6. The molecule has 0 saturated carbocycles. The number of rotatable bonds is 11. The van der Waals surface area contributed by atoms with Crippen LogP contribution in [0.4, 0.5) is 5.69 Å². The van der Waals surface area contributed by atoms with E-state index in [1.165, 1.54) is 17.0 Å². The zero-order valence-electron chi connectivity index (χ0n) is 19.7. The molecule has 3 rings (SSSR count). The number of sulfonamides is 1. The van der Waals surface area contributed by atoms with Crippen molar-refractivity contribution in [1.29, 1.82) is 0 Å². The highest BCUT2D eigenvalue weighted by Crippen LogP contribution is 2.25. The second-order valence-corrected chi connectivity index (χ2v) is 9.68. The van der Waals surface area contributed by atoms with Gasteiger partial charge in [0.1, 0.15) is 18.1 Å². The average Bonchev–Trinajstić information content (AvgIpc) is 2.85. The van der Waals surface area contributed by atoms with E-state index < -0.39 is 10.0 Å². The molecule has 0 atom stereocenters. The number of carbonyl (C=O) groups is 1. The number of benzene rings is 3. The molecule has 180 valence electrons. The van der Waals surface area contributed by atoms with Crippen molar-refractivity contribution in [1.82, 2.24) is 5.32 Å². The smallest absolute Gasteiger partial charge is 0.251 e. The Morgan fingerprint density at radius 3 is 2.24 bits per heavy atom. The number of anilines is 1. The van der Waals surface area contributed by atoms with Gasteiger partial charge >= 0.3 is 0 Å². The molecule has 34 heavy (non-hydrogen) atoms. The molecule has 0 aromatic heterocycles. The first-order chi connectivity index (χ1) is 16.3. The predicted octanol–water partition coefficient (Wildman–Crippen LogP) is 4.03. The van der Waals surface area contributed by atoms with Gasteiger partial charge in [-0.25, -0.2) is 8.42 Å². The summed E-state index contributed by atoms with van der Waals surface area (Å²) in [6.07, 6.45) is 2.14. The Bertz CT molecular complexity index is 1190. The summed E-state index contributed by atoms with van der Waals surface area (Å²) in [5, 5.41) is 2.83. The van der Waals surface area contributed by atoms with Crippen LogP contribution in [-0.2, 0) is 23.0 Å². The second-order valence-electron chi connectivity index (χ2n) is 7.77. The molecular formula is C26H30N2O5S. The van der Waals surface area contributed by atoms with Crippen molar-refractivity contribution >= 4 is 21.6 Å². The van der Waals surface area contributed by atoms with Crippen molar-refractivity contribution in [2.45, 2.75) is 19.9 Å². The number of nitrogens with one attached hydrogen (secondary N) is 1. The van der Waals surface area contributed by atoms with Crippen LogP contribution >= 0.6 is 0 Å². The van der Waals surface area contributed by atoms with E-state index in [1.807, 2.05) is 24.3 Å². The quantitative estimate of drug-likeness (QED) is 0.417. The molecule has 0 radical (unpaired) electrons. The normalized spacial score (nSPS) is 11.0. The van der Waals surface area contributed by atoms with E-state index in [9.17, 15) is 13.2 Å². The summed E-state index contributed by atoms with van der Waals surface area (Å²) >= 11 is 0. The molecule has 8 heteroatoms. The monoisotopic (exact) mass is 482 g/mol. The van der Waals surface area contributed by atoms with Gasteiger partial charge in [0, 0.05) is 11.6 Å². The standard InChI is InChI=1S/C26H30N2O5S/c1-4-20-10-14-24(15-11-20)33-17-16-27-26(29)22-12-8-21(9-13-22)19-28(34(3,30)31)23-6-5-7-25(18-23)32-2/h5-15,18H,4,16-17,19H2,1-3H3,(H,27,29). The van der Waals surface area contributed by atoms with Gasteiger partial charge in [0.25, 0.3) is 5.91 Å². The van der Waals surface area contributed by atoms with Crippen LogP contribution in [0.1, 0.15) is 28.4 Å². The molecule has 1 N–H and O–H groups in total. The summed E-state index contributed by atoms with van der Waals surface area (Å²) in [6.45, 7) is 2.96. The summed E-state index contributed by atoms with van der Waals surface area (Å²) in [5.41, 5.74) is 2.99. The number of hydrogen-bond acceptors (Lipinski definition) is 5. The maximum atomic E-state index is 12.4. The van der Waals surface area contributed by atoms with Gasteiger partial charge in [-0.1, -0.05) is 37.3 Å². The molecule has 0 saturated heterocycles. The predicted molar refractivity (Wildman–Crippen MR) is 134 cm³/mol. The molecule has 0 aliphatic heterocycles. The zero-order chi connectivity index (χ0) is 24.6. The van der Waals surface area contributed by atoms with Crippen molar-refractivity contribution in [3.05, 3.63) is 89.5 Å². The van der Waals surface area contributed by atoms with Gasteiger partial charge in [-0.2, -0.15) is 0 Å². The Morgan fingerprint density at radius 1 is 0.941 bits per heavy atom. The van der Waals surface area contributed by atoms with Crippen molar-refractivity contribution in [3.8, 4) is 11.5 Å². The minimum atomic E-state index is -3.52. The van der Waals surface area contributed by atoms with Gasteiger partial charge in [0.2, 0.25) is 10.0 Å². The molecule has 0 bridgehead atoms. The van der Waals surface area contributed by atoms with Gasteiger partial charge in [0.15, 0.2) is 0 Å². The second kappa shape index (κ2) is 11.6. The fourth-order valence-electron chi connectivity index (χ4n) is 3.35. The highest BCUT2D eigenvalue weighted by Gasteiger charge is 2.18. The number of hydrogen-bond donors (Lipinski definition) is 1. The SMILES string of the molecule is CCc1ccc(OCCNC(=O)c2ccc(CN(c3cccc(OC)c3)S(C)(=O)=O)cc2)cc1. The van der Waals surface area contributed by atoms with Gasteiger partial charge in [0.05, 0.1) is 32.1 Å². The van der Waals surface area contributed by atoms with Crippen molar-refractivity contribution in [2.24, 2.45) is 0 Å². The third-order valence-corrected chi connectivity index (χ3v) is 6.41. The highest BCUT2D eigenvalue weighted by atomic mass is 32.2. The lowest BCUT2D eigenvalue weighted by Crippen LogP contribution is -2.29. The molecule has 0 aliphatic carbocycles. The number of ether oxygens (including phenoxy) is 2. The third-order valence-electron chi connectivity index (χ3n) is 5.27. The van der Waals surface area contributed by atoms with Crippen LogP contribution in [0, 0.1) is 0 Å². The lowest BCUT2D eigenvalue weighted by atomic mass is 10.1. The first-order valence-corrected chi connectivity index (χ1v) is 12.9. The third kappa shape index (κ3) is 6.99. The Kier molecular flexibility index (Phi) is 8.54. The number of amides is 1. The van der Waals surface area contributed by atoms with Crippen LogP contribution < -0.4 is 19.1 Å². The van der Waals surface area contributed by atoms with Crippen LogP contribution in [0.15, 0.2) is 72.8 Å². The van der Waals surface area contributed by atoms with E-state index in [-0.39, 0.29) is 12.5 Å². The topological polar surface area (TPSA) is 84.9 Å². The molecule has 0 fully saturated rings. The van der Waals surface area contributed by atoms with Crippen molar-refractivity contribution in [2.75, 3.05) is 30.8 Å². The van der Waals surface area contributed by atoms with E-state index in [4.69, 9.17) is 9.47 Å². The van der Waals surface area contributed by atoms with E-state index in [0.717, 1.165) is 24.0 Å². The van der Waals surface area contributed by atoms with E-state index in [2.05, 4.69) is 12.2 Å². The zero-order valence-corrected chi connectivity index (χ0v) is 20.5. The highest BCUT2D eigenvalue weighted by molar-refractivity contribution is 7.92. The van der Waals surface area contributed by atoms with Crippen LogP contribution in [0.3, 0.4) is 0 Å². The van der Waals surface area contributed by atoms with Gasteiger partial charge in [-0.05, 0) is 53.9 Å². The Balaban J connectivity index is 1.56. The number of carbonyl (C=O) groups excluding carboxylic acids is 1.